The number of imidazole rings is 1. The first-order valence-corrected chi connectivity index (χ1v) is 8.68. The molecule has 1 heterocycles. The molecule has 0 aliphatic rings. The Bertz CT molecular complexity index is 455. The number of aryl methyl sites for hydroxylation is 1. The first kappa shape index (κ1) is 17.8. The normalized spacial score (nSPS) is 10.4. The molecule has 0 unspecified atom stereocenters. The fraction of sp³-hybridized carbons (Fsp3) is 0.636. The molecule has 1 aromatic heterocycles. The molecule has 0 aromatic carbocycles. The van der Waals surface area contributed by atoms with Gasteiger partial charge in [-0.05, 0) is 12.1 Å². The molecule has 0 bridgehead atoms. The van der Waals surface area contributed by atoms with Crippen molar-refractivity contribution in [3.63, 3.8) is 0 Å². The maximum Gasteiger partial charge on any atom is 0.508 e. The van der Waals surface area contributed by atoms with Crippen LogP contribution in [0, 0.1) is 11.8 Å². The van der Waals surface area contributed by atoms with Crippen LogP contribution >= 0.6 is 21.6 Å². The van der Waals surface area contributed by atoms with Crippen LogP contribution < -0.4 is 0 Å². The van der Waals surface area contributed by atoms with Gasteiger partial charge in [0, 0.05) is 11.5 Å². The van der Waals surface area contributed by atoms with Gasteiger partial charge in [0.2, 0.25) is 0 Å². The molecule has 8 nitrogen and oxygen atoms in total. The zero-order valence-electron chi connectivity index (χ0n) is 11.6. The molecule has 0 amide bonds. The summed E-state index contributed by atoms with van der Waals surface area (Å²) in [6.45, 7) is 2.47. The van der Waals surface area contributed by atoms with E-state index in [-0.39, 0.29) is 25.6 Å². The molecule has 21 heavy (non-hydrogen) atoms. The molecule has 1 N–H and O–H groups in total. The Labute approximate surface area is 130 Å². The maximum atomic E-state index is 11.3. The van der Waals surface area contributed by atoms with E-state index in [1.165, 1.54) is 27.8 Å². The van der Waals surface area contributed by atoms with Crippen molar-refractivity contribution in [3.05, 3.63) is 16.9 Å². The smallest absolute Gasteiger partial charge is 0.433 e. The van der Waals surface area contributed by atoms with Gasteiger partial charge >= 0.3 is 6.16 Å². The highest BCUT2D eigenvalue weighted by Gasteiger charge is 2.08. The number of nitroso groups, excluding NO2 is 1. The van der Waals surface area contributed by atoms with Gasteiger partial charge in [0.25, 0.3) is 0 Å². The van der Waals surface area contributed by atoms with E-state index in [0.29, 0.717) is 23.9 Å². The predicted octanol–water partition coefficient (Wildman–Crippen LogP) is 2.12. The van der Waals surface area contributed by atoms with E-state index in [4.69, 9.17) is 14.6 Å². The third kappa shape index (κ3) is 6.82. The van der Waals surface area contributed by atoms with Crippen molar-refractivity contribution in [1.29, 1.82) is 0 Å². The highest BCUT2D eigenvalue weighted by Crippen LogP contribution is 2.19. The van der Waals surface area contributed by atoms with Crippen molar-refractivity contribution in [1.82, 2.24) is 9.55 Å². The summed E-state index contributed by atoms with van der Waals surface area (Å²) in [7, 11) is 3.02. The molecule has 0 radical (unpaired) electrons. The summed E-state index contributed by atoms with van der Waals surface area (Å²) in [4.78, 5) is 25.8. The Morgan fingerprint density at radius 3 is 2.81 bits per heavy atom. The standard InChI is InChI=1S/C11H17N3O5S2/c1-9-12-8-10(13-17)14(9)2-4-18-11(16)19-5-7-21-20-6-3-15/h8,15H,2-7H2,1H3. The van der Waals surface area contributed by atoms with Gasteiger partial charge in [-0.3, -0.25) is 0 Å². The third-order valence-corrected chi connectivity index (χ3v) is 4.66. The highest BCUT2D eigenvalue weighted by atomic mass is 33.1. The van der Waals surface area contributed by atoms with Gasteiger partial charge < -0.3 is 19.1 Å². The van der Waals surface area contributed by atoms with Gasteiger partial charge in [0.05, 0.1) is 19.3 Å². The van der Waals surface area contributed by atoms with Crippen LogP contribution in [0.25, 0.3) is 0 Å². The summed E-state index contributed by atoms with van der Waals surface area (Å²) in [6.07, 6.45) is 0.614. The van der Waals surface area contributed by atoms with Gasteiger partial charge in [-0.1, -0.05) is 21.6 Å². The first-order chi connectivity index (χ1) is 10.2. The molecule has 0 fully saturated rings. The molecule has 0 aliphatic carbocycles. The molecule has 0 saturated heterocycles. The number of aliphatic hydroxyl groups is 1. The minimum atomic E-state index is -0.749. The number of nitrogens with zero attached hydrogens (tertiary/aromatic N) is 3. The number of ether oxygens (including phenoxy) is 2. The number of hydrogen-bond donors (Lipinski definition) is 1. The van der Waals surface area contributed by atoms with Crippen molar-refractivity contribution >= 4 is 33.6 Å². The average molecular weight is 335 g/mol. The molecular formula is C11H17N3O5S2. The molecule has 118 valence electrons. The first-order valence-electron chi connectivity index (χ1n) is 6.19. The monoisotopic (exact) mass is 335 g/mol. The number of carbonyl (C=O) groups is 1. The van der Waals surface area contributed by atoms with Gasteiger partial charge in [0.1, 0.15) is 19.0 Å². The third-order valence-electron chi connectivity index (χ3n) is 2.31. The zero-order valence-corrected chi connectivity index (χ0v) is 13.2. The Morgan fingerprint density at radius 1 is 1.38 bits per heavy atom. The molecule has 0 spiro atoms. The Morgan fingerprint density at radius 2 is 2.10 bits per heavy atom. The highest BCUT2D eigenvalue weighted by molar-refractivity contribution is 8.76. The number of carbonyl (C=O) groups excluding carboxylic acids is 1. The van der Waals surface area contributed by atoms with Crippen molar-refractivity contribution < 1.29 is 19.4 Å². The van der Waals surface area contributed by atoms with Crippen molar-refractivity contribution in [2.24, 2.45) is 5.18 Å². The summed E-state index contributed by atoms with van der Waals surface area (Å²) >= 11 is 0. The summed E-state index contributed by atoms with van der Waals surface area (Å²) in [6, 6.07) is 0. The van der Waals surface area contributed by atoms with Crippen LogP contribution in [0.4, 0.5) is 10.6 Å². The van der Waals surface area contributed by atoms with Gasteiger partial charge in [0.15, 0.2) is 5.82 Å². The Kier molecular flexibility index (Phi) is 8.87. The summed E-state index contributed by atoms with van der Waals surface area (Å²) in [5, 5.41) is 11.4. The summed E-state index contributed by atoms with van der Waals surface area (Å²) < 4.78 is 11.3. The number of hydrogen-bond acceptors (Lipinski definition) is 9. The van der Waals surface area contributed by atoms with Gasteiger partial charge in [-0.2, -0.15) is 0 Å². The quantitative estimate of drug-likeness (QED) is 0.300. The van der Waals surface area contributed by atoms with Crippen LogP contribution in [-0.4, -0.2) is 52.1 Å². The predicted molar refractivity (Wildman–Crippen MR) is 81.7 cm³/mol. The lowest BCUT2D eigenvalue weighted by molar-refractivity contribution is 0.0574. The zero-order chi connectivity index (χ0) is 15.5. The molecule has 0 saturated carbocycles. The minimum absolute atomic E-state index is 0.0744. The number of rotatable bonds is 10. The molecule has 1 rings (SSSR count). The average Bonchev–Trinajstić information content (AvgIpc) is 2.83. The lowest BCUT2D eigenvalue weighted by Crippen LogP contribution is -2.14. The number of aromatic nitrogens is 2. The lowest BCUT2D eigenvalue weighted by Gasteiger charge is -2.08. The van der Waals surface area contributed by atoms with E-state index >= 15 is 0 Å². The lowest BCUT2D eigenvalue weighted by atomic mass is 10.6. The van der Waals surface area contributed by atoms with Crippen LogP contribution in [0.15, 0.2) is 11.4 Å². The van der Waals surface area contributed by atoms with Gasteiger partial charge in [-0.25, -0.2) is 9.78 Å². The van der Waals surface area contributed by atoms with E-state index in [1.807, 2.05) is 0 Å². The van der Waals surface area contributed by atoms with Gasteiger partial charge in [-0.15, -0.1) is 4.91 Å². The van der Waals surface area contributed by atoms with Crippen LogP contribution in [0.3, 0.4) is 0 Å². The minimum Gasteiger partial charge on any atom is -0.433 e. The van der Waals surface area contributed by atoms with E-state index in [2.05, 4.69) is 10.2 Å². The van der Waals surface area contributed by atoms with Crippen molar-refractivity contribution in [3.8, 4) is 0 Å². The second-order valence-corrected chi connectivity index (χ2v) is 6.42. The summed E-state index contributed by atoms with van der Waals surface area (Å²) in [5.74, 6) is 2.09. The summed E-state index contributed by atoms with van der Waals surface area (Å²) in [5.41, 5.74) is 0. The molecular weight excluding hydrogens is 318 g/mol. The largest absolute Gasteiger partial charge is 0.508 e. The van der Waals surface area contributed by atoms with Crippen LogP contribution in [0.1, 0.15) is 5.82 Å². The van der Waals surface area contributed by atoms with E-state index in [9.17, 15) is 9.70 Å². The van der Waals surface area contributed by atoms with Crippen LogP contribution in [0.5, 0.6) is 0 Å². The fourth-order valence-corrected chi connectivity index (χ4v) is 2.98. The van der Waals surface area contributed by atoms with Crippen LogP contribution in [0.2, 0.25) is 0 Å². The second kappa shape index (κ2) is 10.5. The number of aliphatic hydroxyl groups excluding tert-OH is 1. The second-order valence-electron chi connectivity index (χ2n) is 3.72. The SMILES string of the molecule is Cc1ncc(N=O)n1CCOC(=O)OCCSSCCO. The van der Waals surface area contributed by atoms with E-state index in [0.717, 1.165) is 0 Å². The Balaban J connectivity index is 2.13. The Hall–Kier alpha value is -1.26. The topological polar surface area (TPSA) is 103 Å². The van der Waals surface area contributed by atoms with E-state index in [1.54, 1.807) is 11.5 Å². The van der Waals surface area contributed by atoms with E-state index < -0.39 is 6.16 Å². The van der Waals surface area contributed by atoms with Crippen molar-refractivity contribution in [2.75, 3.05) is 31.3 Å². The fourth-order valence-electron chi connectivity index (χ4n) is 1.38. The van der Waals surface area contributed by atoms with Crippen LogP contribution in [-0.2, 0) is 16.0 Å². The molecule has 0 atom stereocenters. The molecule has 10 heteroatoms. The van der Waals surface area contributed by atoms with Crippen molar-refractivity contribution in [2.45, 2.75) is 13.5 Å². The molecule has 1 aromatic rings. The molecule has 0 aliphatic heterocycles. The maximum absolute atomic E-state index is 11.3.